The molecule has 0 spiro atoms. The second-order valence-corrected chi connectivity index (χ2v) is 7.55. The van der Waals surface area contributed by atoms with Gasteiger partial charge in [0.25, 0.3) is 10.0 Å². The summed E-state index contributed by atoms with van der Waals surface area (Å²) in [5.74, 6) is -0.157. The van der Waals surface area contributed by atoms with E-state index in [0.717, 1.165) is 0 Å². The lowest BCUT2D eigenvalue weighted by atomic mass is 10.1. The van der Waals surface area contributed by atoms with Gasteiger partial charge in [-0.05, 0) is 54.4 Å². The zero-order chi connectivity index (χ0) is 20.4. The number of sulfonamides is 1. The molecule has 2 aromatic carbocycles. The van der Waals surface area contributed by atoms with Crippen LogP contribution in [0.3, 0.4) is 0 Å². The lowest BCUT2D eigenvalue weighted by Crippen LogP contribution is -2.17. The van der Waals surface area contributed by atoms with E-state index in [4.69, 9.17) is 0 Å². The first-order valence-electron chi connectivity index (χ1n) is 8.05. The van der Waals surface area contributed by atoms with Crippen molar-refractivity contribution in [1.82, 2.24) is 4.98 Å². The number of nitrogens with one attached hydrogen (secondary N) is 1. The van der Waals surface area contributed by atoms with Crippen LogP contribution in [0.2, 0.25) is 0 Å². The number of anilines is 1. The van der Waals surface area contributed by atoms with Crippen LogP contribution >= 0.6 is 0 Å². The van der Waals surface area contributed by atoms with E-state index in [-0.39, 0.29) is 16.5 Å². The highest BCUT2D eigenvalue weighted by molar-refractivity contribution is 7.92. The summed E-state index contributed by atoms with van der Waals surface area (Å²) in [7, 11) is -3.85. The maximum atomic E-state index is 12.5. The molecule has 0 bridgehead atoms. The fourth-order valence-electron chi connectivity index (χ4n) is 2.50. The van der Waals surface area contributed by atoms with Crippen LogP contribution < -0.4 is 9.46 Å². The lowest BCUT2D eigenvalue weighted by Gasteiger charge is -2.11. The van der Waals surface area contributed by atoms with Crippen molar-refractivity contribution in [2.24, 2.45) is 0 Å². The van der Waals surface area contributed by atoms with Gasteiger partial charge in [-0.25, -0.2) is 13.4 Å². The fraction of sp³-hybridized carbons (Fsp3) is 0.105. The van der Waals surface area contributed by atoms with Gasteiger partial charge >= 0.3 is 6.36 Å². The topological polar surface area (TPSA) is 68.3 Å². The minimum Gasteiger partial charge on any atom is -0.406 e. The van der Waals surface area contributed by atoms with Crippen molar-refractivity contribution in [2.75, 3.05) is 4.72 Å². The molecule has 3 aromatic rings. The first kappa shape index (κ1) is 19.7. The predicted molar refractivity (Wildman–Crippen MR) is 98.3 cm³/mol. The maximum absolute atomic E-state index is 12.5. The second-order valence-electron chi connectivity index (χ2n) is 5.87. The van der Waals surface area contributed by atoms with Gasteiger partial charge in [-0.2, -0.15) is 0 Å². The summed E-state index contributed by atoms with van der Waals surface area (Å²) in [6.45, 7) is 1.74. The van der Waals surface area contributed by atoms with Gasteiger partial charge in [0.1, 0.15) is 11.6 Å². The van der Waals surface area contributed by atoms with Crippen molar-refractivity contribution in [3.63, 3.8) is 0 Å². The standard InChI is InChI=1S/C19H15F3N2O3S/c1-13-4-2-7-18(23-13)24-28(25,26)17-10-8-14(9-11-17)15-5-3-6-16(12-15)27-19(20,21)22/h2-12H,1H3,(H,23,24). The minimum atomic E-state index is -4.79. The highest BCUT2D eigenvalue weighted by atomic mass is 32.2. The SMILES string of the molecule is Cc1cccc(NS(=O)(=O)c2ccc(-c3cccc(OC(F)(F)F)c3)cc2)n1. The molecule has 5 nitrogen and oxygen atoms in total. The van der Waals surface area contributed by atoms with Crippen LogP contribution in [-0.4, -0.2) is 19.8 Å². The number of aryl methyl sites for hydroxylation is 1. The van der Waals surface area contributed by atoms with Crippen molar-refractivity contribution in [1.29, 1.82) is 0 Å². The predicted octanol–water partition coefficient (Wildman–Crippen LogP) is 4.76. The highest BCUT2D eigenvalue weighted by Gasteiger charge is 2.31. The summed E-state index contributed by atoms with van der Waals surface area (Å²) in [6.07, 6.45) is -4.79. The molecule has 0 aliphatic carbocycles. The van der Waals surface area contributed by atoms with Crippen LogP contribution in [0, 0.1) is 6.92 Å². The van der Waals surface area contributed by atoms with Gasteiger partial charge in [0.05, 0.1) is 4.90 Å². The summed E-state index contributed by atoms with van der Waals surface area (Å²) in [6, 6.07) is 16.1. The monoisotopic (exact) mass is 408 g/mol. The number of benzene rings is 2. The van der Waals surface area contributed by atoms with Crippen molar-refractivity contribution in [2.45, 2.75) is 18.2 Å². The van der Waals surface area contributed by atoms with E-state index in [1.165, 1.54) is 48.5 Å². The molecule has 0 fully saturated rings. The Labute approximate surface area is 159 Å². The van der Waals surface area contributed by atoms with E-state index in [0.29, 0.717) is 16.8 Å². The van der Waals surface area contributed by atoms with Crippen LogP contribution in [0.15, 0.2) is 71.6 Å². The van der Waals surface area contributed by atoms with Gasteiger partial charge in [-0.15, -0.1) is 13.2 Å². The summed E-state index contributed by atoms with van der Waals surface area (Å²) in [4.78, 5) is 4.09. The Morgan fingerprint density at radius 3 is 2.25 bits per heavy atom. The number of pyridine rings is 1. The Balaban J connectivity index is 1.82. The fourth-order valence-corrected chi connectivity index (χ4v) is 3.50. The highest BCUT2D eigenvalue weighted by Crippen LogP contribution is 2.28. The van der Waals surface area contributed by atoms with E-state index >= 15 is 0 Å². The maximum Gasteiger partial charge on any atom is 0.573 e. The normalized spacial score (nSPS) is 11.9. The average Bonchev–Trinajstić information content (AvgIpc) is 2.60. The summed E-state index contributed by atoms with van der Waals surface area (Å²) >= 11 is 0. The summed E-state index contributed by atoms with van der Waals surface area (Å²) in [5.41, 5.74) is 1.66. The van der Waals surface area contributed by atoms with Crippen molar-refractivity contribution >= 4 is 15.8 Å². The van der Waals surface area contributed by atoms with E-state index in [2.05, 4.69) is 14.4 Å². The second kappa shape index (κ2) is 7.51. The number of ether oxygens (including phenoxy) is 1. The first-order valence-corrected chi connectivity index (χ1v) is 9.53. The molecule has 28 heavy (non-hydrogen) atoms. The van der Waals surface area contributed by atoms with Crippen molar-refractivity contribution in [3.05, 3.63) is 72.4 Å². The molecule has 1 N–H and O–H groups in total. The first-order chi connectivity index (χ1) is 13.1. The number of aromatic nitrogens is 1. The summed E-state index contributed by atoms with van der Waals surface area (Å²) in [5, 5.41) is 0. The number of hydrogen-bond acceptors (Lipinski definition) is 4. The van der Waals surface area contributed by atoms with Crippen LogP contribution in [0.4, 0.5) is 19.0 Å². The molecular formula is C19H15F3N2O3S. The Morgan fingerprint density at radius 1 is 0.929 bits per heavy atom. The number of rotatable bonds is 5. The van der Waals surface area contributed by atoms with Gasteiger partial charge in [0, 0.05) is 5.69 Å². The number of alkyl halides is 3. The van der Waals surface area contributed by atoms with Crippen molar-refractivity contribution < 1.29 is 26.3 Å². The minimum absolute atomic E-state index is 0.00209. The molecular weight excluding hydrogens is 393 g/mol. The van der Waals surface area contributed by atoms with E-state index < -0.39 is 16.4 Å². The molecule has 9 heteroatoms. The molecule has 0 saturated carbocycles. The van der Waals surface area contributed by atoms with Gasteiger partial charge in [0.2, 0.25) is 0 Å². The number of nitrogens with zero attached hydrogens (tertiary/aromatic N) is 1. The molecule has 0 aliphatic heterocycles. The molecule has 146 valence electrons. The molecule has 0 atom stereocenters. The van der Waals surface area contributed by atoms with Crippen LogP contribution in [0.5, 0.6) is 5.75 Å². The van der Waals surface area contributed by atoms with E-state index in [1.807, 2.05) is 0 Å². The Morgan fingerprint density at radius 2 is 1.61 bits per heavy atom. The van der Waals surface area contributed by atoms with Gasteiger partial charge in [0.15, 0.2) is 0 Å². The zero-order valence-electron chi connectivity index (χ0n) is 14.6. The Bertz CT molecular complexity index is 1080. The van der Waals surface area contributed by atoms with E-state index in [1.54, 1.807) is 25.1 Å². The third-order valence-electron chi connectivity index (χ3n) is 3.69. The molecule has 0 aliphatic rings. The molecule has 0 amide bonds. The number of hydrogen-bond donors (Lipinski definition) is 1. The van der Waals surface area contributed by atoms with Gasteiger partial charge in [-0.3, -0.25) is 4.72 Å². The Kier molecular flexibility index (Phi) is 5.28. The molecule has 0 unspecified atom stereocenters. The molecule has 0 saturated heterocycles. The Hall–Kier alpha value is -3.07. The zero-order valence-corrected chi connectivity index (χ0v) is 15.4. The van der Waals surface area contributed by atoms with E-state index in [9.17, 15) is 21.6 Å². The quantitative estimate of drug-likeness (QED) is 0.661. The smallest absolute Gasteiger partial charge is 0.406 e. The largest absolute Gasteiger partial charge is 0.573 e. The van der Waals surface area contributed by atoms with Crippen molar-refractivity contribution in [3.8, 4) is 16.9 Å². The van der Waals surface area contributed by atoms with Crippen LogP contribution in [-0.2, 0) is 10.0 Å². The summed E-state index contributed by atoms with van der Waals surface area (Å²) < 4.78 is 68.3. The van der Waals surface area contributed by atoms with Gasteiger partial charge in [-0.1, -0.05) is 30.3 Å². The van der Waals surface area contributed by atoms with Crippen LogP contribution in [0.1, 0.15) is 5.69 Å². The third kappa shape index (κ3) is 5.01. The number of halogens is 3. The van der Waals surface area contributed by atoms with Gasteiger partial charge < -0.3 is 4.74 Å². The molecule has 0 radical (unpaired) electrons. The van der Waals surface area contributed by atoms with Crippen LogP contribution in [0.25, 0.3) is 11.1 Å². The average molecular weight is 408 g/mol. The molecule has 3 rings (SSSR count). The molecule has 1 aromatic heterocycles. The molecule has 1 heterocycles. The third-order valence-corrected chi connectivity index (χ3v) is 5.06. The lowest BCUT2D eigenvalue weighted by molar-refractivity contribution is -0.274.